The molecule has 0 aliphatic rings. The van der Waals surface area contributed by atoms with E-state index in [4.69, 9.17) is 5.21 Å². The highest BCUT2D eigenvalue weighted by Crippen LogP contribution is 2.27. The van der Waals surface area contributed by atoms with Crippen molar-refractivity contribution in [1.82, 2.24) is 4.57 Å². The number of fused-ring (bicyclic) bond motifs is 1. The third-order valence-electron chi connectivity index (χ3n) is 3.84. The first-order valence-corrected chi connectivity index (χ1v) is 7.21. The number of oxime groups is 1. The molecule has 116 valence electrons. The fourth-order valence-electron chi connectivity index (χ4n) is 2.69. The zero-order valence-corrected chi connectivity index (χ0v) is 12.6. The summed E-state index contributed by atoms with van der Waals surface area (Å²) in [6.07, 6.45) is 0. The lowest BCUT2D eigenvalue weighted by Gasteiger charge is -2.14. The molecule has 0 aliphatic heterocycles. The molecule has 0 radical (unpaired) electrons. The van der Waals surface area contributed by atoms with E-state index >= 15 is 0 Å². The van der Waals surface area contributed by atoms with Gasteiger partial charge in [0.25, 0.3) is 5.56 Å². The zero-order chi connectivity index (χ0) is 16.4. The first-order valence-electron chi connectivity index (χ1n) is 7.21. The topological polar surface area (TPSA) is 74.8 Å². The Morgan fingerprint density at radius 1 is 1.09 bits per heavy atom. The summed E-state index contributed by atoms with van der Waals surface area (Å²) < 4.78 is 1.58. The van der Waals surface area contributed by atoms with Crippen LogP contribution < -0.4 is 5.56 Å². The Morgan fingerprint density at radius 3 is 2.43 bits per heavy atom. The smallest absolute Gasteiger partial charge is 0.264 e. The van der Waals surface area contributed by atoms with Crippen LogP contribution in [0.3, 0.4) is 0 Å². The van der Waals surface area contributed by atoms with Gasteiger partial charge >= 0.3 is 0 Å². The van der Waals surface area contributed by atoms with Crippen molar-refractivity contribution in [2.75, 3.05) is 0 Å². The van der Waals surface area contributed by atoms with Gasteiger partial charge in [0.15, 0.2) is 0 Å². The van der Waals surface area contributed by atoms with Crippen LogP contribution in [0.25, 0.3) is 10.9 Å². The Hall–Kier alpha value is -3.08. The van der Waals surface area contributed by atoms with Crippen molar-refractivity contribution in [3.8, 4) is 5.75 Å². The molecular weight excluding hydrogens is 292 g/mol. The maximum atomic E-state index is 12.8. The zero-order valence-electron chi connectivity index (χ0n) is 12.6. The molecule has 0 fully saturated rings. The first-order chi connectivity index (χ1) is 11.1. The molecule has 5 heteroatoms. The third kappa shape index (κ3) is 2.57. The number of hydrogen-bond acceptors (Lipinski definition) is 4. The van der Waals surface area contributed by atoms with E-state index in [2.05, 4.69) is 5.16 Å². The van der Waals surface area contributed by atoms with Crippen molar-refractivity contribution in [2.24, 2.45) is 5.16 Å². The maximum absolute atomic E-state index is 12.8. The second-order valence-electron chi connectivity index (χ2n) is 5.30. The molecule has 23 heavy (non-hydrogen) atoms. The molecular formula is C18H16N2O3. The van der Waals surface area contributed by atoms with Crippen LogP contribution in [0.5, 0.6) is 5.75 Å². The van der Waals surface area contributed by atoms with E-state index in [1.165, 1.54) is 6.92 Å². The summed E-state index contributed by atoms with van der Waals surface area (Å²) in [6.45, 7) is 1.85. The molecule has 0 bridgehead atoms. The number of benzene rings is 2. The lowest BCUT2D eigenvalue weighted by molar-refractivity contribution is 0.318. The van der Waals surface area contributed by atoms with E-state index in [1.807, 2.05) is 36.4 Å². The third-order valence-corrected chi connectivity index (χ3v) is 3.84. The average Bonchev–Trinajstić information content (AvgIpc) is 2.59. The Labute approximate surface area is 132 Å². The second kappa shape index (κ2) is 5.96. The van der Waals surface area contributed by atoms with Crippen LogP contribution in [0.1, 0.15) is 18.1 Å². The summed E-state index contributed by atoms with van der Waals surface area (Å²) in [7, 11) is 0. The highest BCUT2D eigenvalue weighted by atomic mass is 16.4. The summed E-state index contributed by atoms with van der Waals surface area (Å²) in [5, 5.41) is 23.1. The van der Waals surface area contributed by atoms with Crippen LogP contribution in [-0.2, 0) is 6.54 Å². The summed E-state index contributed by atoms with van der Waals surface area (Å²) in [5.74, 6) is -0.162. The molecule has 0 atom stereocenters. The first kappa shape index (κ1) is 14.8. The molecule has 0 saturated heterocycles. The van der Waals surface area contributed by atoms with E-state index in [-0.39, 0.29) is 22.6 Å². The van der Waals surface area contributed by atoms with Crippen molar-refractivity contribution in [1.29, 1.82) is 0 Å². The molecule has 3 aromatic rings. The number of aromatic nitrogens is 1. The van der Waals surface area contributed by atoms with Gasteiger partial charge in [0.05, 0.1) is 17.8 Å². The van der Waals surface area contributed by atoms with Crippen LogP contribution in [0, 0.1) is 0 Å². The van der Waals surface area contributed by atoms with Crippen LogP contribution in [0.15, 0.2) is 64.5 Å². The number of rotatable bonds is 3. The Morgan fingerprint density at radius 2 is 1.74 bits per heavy atom. The van der Waals surface area contributed by atoms with Crippen LogP contribution >= 0.6 is 0 Å². The SMILES string of the molecule is C/C(=N\O)c1c(O)c2ccccc2n(Cc2ccccc2)c1=O. The normalized spacial score (nSPS) is 11.8. The molecule has 2 N–H and O–H groups in total. The predicted molar refractivity (Wildman–Crippen MR) is 89.4 cm³/mol. The van der Waals surface area contributed by atoms with Gasteiger partial charge in [-0.15, -0.1) is 0 Å². The lowest BCUT2D eigenvalue weighted by atomic mass is 10.1. The minimum Gasteiger partial charge on any atom is -0.506 e. The lowest BCUT2D eigenvalue weighted by Crippen LogP contribution is -2.27. The van der Waals surface area contributed by atoms with E-state index in [0.717, 1.165) is 5.56 Å². The van der Waals surface area contributed by atoms with Gasteiger partial charge in [0.2, 0.25) is 0 Å². The minimum absolute atomic E-state index is 0.0159. The number of hydrogen-bond donors (Lipinski definition) is 2. The fraction of sp³-hybridized carbons (Fsp3) is 0.111. The summed E-state index contributed by atoms with van der Waals surface area (Å²) in [5.41, 5.74) is 1.31. The predicted octanol–water partition coefficient (Wildman–Crippen LogP) is 2.95. The van der Waals surface area contributed by atoms with E-state index in [9.17, 15) is 9.90 Å². The van der Waals surface area contributed by atoms with Crippen LogP contribution in [-0.4, -0.2) is 20.6 Å². The number of aromatic hydroxyl groups is 1. The number of nitrogens with zero attached hydrogens (tertiary/aromatic N) is 2. The van der Waals surface area contributed by atoms with Gasteiger partial charge in [0.1, 0.15) is 11.3 Å². The van der Waals surface area contributed by atoms with E-state index in [1.54, 1.807) is 22.8 Å². The van der Waals surface area contributed by atoms with Crippen molar-refractivity contribution < 1.29 is 10.3 Å². The molecule has 5 nitrogen and oxygen atoms in total. The summed E-state index contributed by atoms with van der Waals surface area (Å²) in [6, 6.07) is 16.7. The molecule has 0 spiro atoms. The monoisotopic (exact) mass is 308 g/mol. The second-order valence-corrected chi connectivity index (χ2v) is 5.30. The van der Waals surface area contributed by atoms with Gasteiger partial charge in [-0.3, -0.25) is 4.79 Å². The molecule has 0 saturated carbocycles. The molecule has 3 rings (SSSR count). The molecule has 0 aliphatic carbocycles. The summed E-state index contributed by atoms with van der Waals surface area (Å²) >= 11 is 0. The minimum atomic E-state index is -0.389. The molecule has 0 amide bonds. The van der Waals surface area contributed by atoms with Crippen molar-refractivity contribution >= 4 is 16.6 Å². The fourth-order valence-corrected chi connectivity index (χ4v) is 2.69. The van der Waals surface area contributed by atoms with Gasteiger partial charge in [-0.05, 0) is 24.6 Å². The highest BCUT2D eigenvalue weighted by molar-refractivity contribution is 6.04. The van der Waals surface area contributed by atoms with Crippen molar-refractivity contribution in [3.63, 3.8) is 0 Å². The van der Waals surface area contributed by atoms with E-state index < -0.39 is 0 Å². The largest absolute Gasteiger partial charge is 0.506 e. The van der Waals surface area contributed by atoms with Gasteiger partial charge in [-0.2, -0.15) is 0 Å². The van der Waals surface area contributed by atoms with Gasteiger partial charge in [0, 0.05) is 5.39 Å². The number of pyridine rings is 1. The quantitative estimate of drug-likeness (QED) is 0.444. The van der Waals surface area contributed by atoms with E-state index in [0.29, 0.717) is 17.4 Å². The van der Waals surface area contributed by atoms with Gasteiger partial charge < -0.3 is 14.9 Å². The molecule has 1 aromatic heterocycles. The highest BCUT2D eigenvalue weighted by Gasteiger charge is 2.18. The standard InChI is InChI=1S/C18H16N2O3/c1-12(19-23)16-17(21)14-9-5-6-10-15(14)20(18(16)22)11-13-7-3-2-4-8-13/h2-10,21,23H,11H2,1H3/b19-12+. The molecule has 2 aromatic carbocycles. The van der Waals surface area contributed by atoms with Gasteiger partial charge in [-0.1, -0.05) is 47.6 Å². The number of para-hydroxylation sites is 1. The summed E-state index contributed by atoms with van der Waals surface area (Å²) in [4.78, 5) is 12.8. The Kier molecular flexibility index (Phi) is 3.85. The average molecular weight is 308 g/mol. The molecule has 1 heterocycles. The molecule has 0 unspecified atom stereocenters. The van der Waals surface area contributed by atoms with Crippen LogP contribution in [0.2, 0.25) is 0 Å². The van der Waals surface area contributed by atoms with Crippen LogP contribution in [0.4, 0.5) is 0 Å². The van der Waals surface area contributed by atoms with Gasteiger partial charge in [-0.25, -0.2) is 0 Å². The van der Waals surface area contributed by atoms with Crippen molar-refractivity contribution in [2.45, 2.75) is 13.5 Å². The van der Waals surface area contributed by atoms with Crippen molar-refractivity contribution in [3.05, 3.63) is 76.1 Å². The Bertz CT molecular complexity index is 944. The maximum Gasteiger partial charge on any atom is 0.264 e. The Balaban J connectivity index is 2.34.